The topological polar surface area (TPSA) is 99.6 Å². The number of aromatic nitrogens is 2. The maximum absolute atomic E-state index is 13.5. The van der Waals surface area contributed by atoms with Gasteiger partial charge in [0.05, 0.1) is 24.9 Å². The molecule has 0 radical (unpaired) electrons. The molecule has 0 saturated carbocycles. The fraction of sp³-hybridized carbons (Fsp3) is 0.421. The van der Waals surface area contributed by atoms with Gasteiger partial charge in [0.2, 0.25) is 5.95 Å². The minimum absolute atomic E-state index is 0.0371. The van der Waals surface area contributed by atoms with Crippen molar-refractivity contribution in [2.75, 3.05) is 18.5 Å². The van der Waals surface area contributed by atoms with Crippen molar-refractivity contribution in [3.05, 3.63) is 52.1 Å². The molecule has 1 aromatic carbocycles. The van der Waals surface area contributed by atoms with E-state index in [1.165, 1.54) is 17.2 Å². The molecule has 0 unspecified atom stereocenters. The van der Waals surface area contributed by atoms with E-state index in [9.17, 15) is 9.18 Å². The number of aliphatic hydroxyl groups excluding tert-OH is 1. The van der Waals surface area contributed by atoms with Crippen molar-refractivity contribution in [2.24, 2.45) is 0 Å². The molecule has 8 nitrogen and oxygen atoms in total. The lowest BCUT2D eigenvalue weighted by Gasteiger charge is -2.27. The van der Waals surface area contributed by atoms with E-state index in [1.807, 2.05) is 6.92 Å². The van der Waals surface area contributed by atoms with Crippen LogP contribution in [0.3, 0.4) is 0 Å². The van der Waals surface area contributed by atoms with Crippen LogP contribution in [0.1, 0.15) is 36.7 Å². The zero-order valence-corrected chi connectivity index (χ0v) is 16.9. The number of amides is 1. The van der Waals surface area contributed by atoms with Gasteiger partial charge >= 0.3 is 6.09 Å². The van der Waals surface area contributed by atoms with Crippen LogP contribution < -0.4 is 10.6 Å². The molecule has 1 amide bonds. The lowest BCUT2D eigenvalue weighted by molar-refractivity contribution is -0.112. The highest BCUT2D eigenvalue weighted by atomic mass is 35.5. The lowest BCUT2D eigenvalue weighted by Crippen LogP contribution is -2.38. The molecule has 156 valence electrons. The summed E-state index contributed by atoms with van der Waals surface area (Å²) in [6.45, 7) is 4.31. The molecule has 1 aromatic heterocycles. The highest BCUT2D eigenvalue weighted by Gasteiger charge is 2.23. The van der Waals surface area contributed by atoms with Gasteiger partial charge in [0.25, 0.3) is 0 Å². The van der Waals surface area contributed by atoms with E-state index in [0.717, 1.165) is 11.3 Å². The molecule has 1 aliphatic heterocycles. The standard InChI is InChI=1S/C19H23ClFN5O3/c1-11(10-27)23-18-22-8-13-3-4-26(9-17(13)25-18)29-19(28)24-12(2)14-5-15(20)7-16(21)6-14/h5-8,11-12,27H,3-4,9-10H2,1-2H3,(H,24,28)(H,22,23,25)/t11-,12+/m0/s1. The summed E-state index contributed by atoms with van der Waals surface area (Å²) >= 11 is 5.86. The van der Waals surface area contributed by atoms with Crippen molar-refractivity contribution in [1.29, 1.82) is 0 Å². The van der Waals surface area contributed by atoms with Gasteiger partial charge in [-0.25, -0.2) is 19.2 Å². The molecule has 10 heteroatoms. The van der Waals surface area contributed by atoms with Gasteiger partial charge in [-0.05, 0) is 49.6 Å². The van der Waals surface area contributed by atoms with Gasteiger partial charge in [-0.2, -0.15) is 0 Å². The molecule has 1 aliphatic rings. The predicted molar refractivity (Wildman–Crippen MR) is 106 cm³/mol. The van der Waals surface area contributed by atoms with Crippen LogP contribution in [-0.2, 0) is 17.8 Å². The van der Waals surface area contributed by atoms with Crippen LogP contribution in [0.25, 0.3) is 0 Å². The molecule has 3 N–H and O–H groups in total. The maximum atomic E-state index is 13.5. The second-order valence-corrected chi connectivity index (χ2v) is 7.39. The van der Waals surface area contributed by atoms with Gasteiger partial charge in [0.15, 0.2) is 0 Å². The van der Waals surface area contributed by atoms with Crippen LogP contribution in [-0.4, -0.2) is 45.4 Å². The van der Waals surface area contributed by atoms with Crippen molar-refractivity contribution < 1.29 is 19.1 Å². The van der Waals surface area contributed by atoms with E-state index in [1.54, 1.807) is 19.2 Å². The van der Waals surface area contributed by atoms with E-state index < -0.39 is 18.0 Å². The first-order valence-corrected chi connectivity index (χ1v) is 9.63. The Bertz CT molecular complexity index is 865. The fourth-order valence-corrected chi connectivity index (χ4v) is 3.15. The van der Waals surface area contributed by atoms with E-state index in [4.69, 9.17) is 21.5 Å². The number of nitrogens with one attached hydrogen (secondary N) is 2. The van der Waals surface area contributed by atoms with Gasteiger partial charge in [0.1, 0.15) is 5.82 Å². The summed E-state index contributed by atoms with van der Waals surface area (Å²) in [4.78, 5) is 26.3. The normalized spacial score (nSPS) is 15.9. The maximum Gasteiger partial charge on any atom is 0.426 e. The molecular weight excluding hydrogens is 401 g/mol. The van der Waals surface area contributed by atoms with Crippen LogP contribution >= 0.6 is 11.6 Å². The van der Waals surface area contributed by atoms with E-state index in [0.29, 0.717) is 31.0 Å². The fourth-order valence-electron chi connectivity index (χ4n) is 2.92. The first-order chi connectivity index (χ1) is 13.8. The van der Waals surface area contributed by atoms with Crippen LogP contribution in [0.5, 0.6) is 0 Å². The number of fused-ring (bicyclic) bond motifs is 1. The monoisotopic (exact) mass is 423 g/mol. The zero-order valence-electron chi connectivity index (χ0n) is 16.2. The summed E-state index contributed by atoms with van der Waals surface area (Å²) < 4.78 is 13.5. The number of aliphatic hydroxyl groups is 1. The van der Waals surface area contributed by atoms with Gasteiger partial charge in [0, 0.05) is 23.8 Å². The molecule has 0 fully saturated rings. The molecule has 0 saturated heterocycles. The number of hydrogen-bond donors (Lipinski definition) is 3. The average Bonchev–Trinajstić information content (AvgIpc) is 2.66. The summed E-state index contributed by atoms with van der Waals surface area (Å²) in [7, 11) is 0. The van der Waals surface area contributed by atoms with Gasteiger partial charge in [-0.15, -0.1) is 5.06 Å². The van der Waals surface area contributed by atoms with Crippen LogP contribution in [0.15, 0.2) is 24.4 Å². The Balaban J connectivity index is 1.58. The minimum atomic E-state index is -0.650. The number of rotatable bonds is 6. The first-order valence-electron chi connectivity index (χ1n) is 9.25. The van der Waals surface area contributed by atoms with Crippen LogP contribution in [0, 0.1) is 5.82 Å². The molecule has 2 aromatic rings. The number of carbonyl (C=O) groups is 1. The van der Waals surface area contributed by atoms with Crippen LogP contribution in [0.2, 0.25) is 5.02 Å². The van der Waals surface area contributed by atoms with Gasteiger partial charge < -0.3 is 20.6 Å². The third-order valence-corrected chi connectivity index (χ3v) is 4.71. The number of hydrogen-bond acceptors (Lipinski definition) is 7. The van der Waals surface area contributed by atoms with Gasteiger partial charge in [-0.1, -0.05) is 11.6 Å². The summed E-state index contributed by atoms with van der Waals surface area (Å²) in [6, 6.07) is 3.45. The SMILES string of the molecule is C[C@@H](CO)Nc1ncc2c(n1)CN(OC(=O)N[C@H](C)c1cc(F)cc(Cl)c1)CC2. The number of benzene rings is 1. The van der Waals surface area contributed by atoms with Crippen molar-refractivity contribution >= 4 is 23.6 Å². The number of nitrogens with zero attached hydrogens (tertiary/aromatic N) is 3. The summed E-state index contributed by atoms with van der Waals surface area (Å²) in [5, 5.41) is 16.6. The van der Waals surface area contributed by atoms with Crippen molar-refractivity contribution in [1.82, 2.24) is 20.3 Å². The van der Waals surface area contributed by atoms with E-state index in [-0.39, 0.29) is 17.7 Å². The van der Waals surface area contributed by atoms with E-state index >= 15 is 0 Å². The Labute approximate surface area is 173 Å². The smallest absolute Gasteiger partial charge is 0.394 e. The number of halogens is 2. The van der Waals surface area contributed by atoms with Crippen molar-refractivity contribution in [3.63, 3.8) is 0 Å². The first kappa shape index (κ1) is 21.2. The number of carbonyl (C=O) groups excluding carboxylic acids is 1. The second-order valence-electron chi connectivity index (χ2n) is 6.95. The van der Waals surface area contributed by atoms with E-state index in [2.05, 4.69) is 20.6 Å². The van der Waals surface area contributed by atoms with Crippen LogP contribution in [0.4, 0.5) is 15.1 Å². The average molecular weight is 424 g/mol. The Hall–Kier alpha value is -2.49. The largest absolute Gasteiger partial charge is 0.426 e. The molecule has 0 aliphatic carbocycles. The van der Waals surface area contributed by atoms with Gasteiger partial charge in [-0.3, -0.25) is 0 Å². The summed E-state index contributed by atoms with van der Waals surface area (Å²) in [5.74, 6) is -0.0602. The Morgan fingerprint density at radius 1 is 1.41 bits per heavy atom. The number of hydroxylamine groups is 2. The molecule has 0 spiro atoms. The molecule has 2 heterocycles. The quantitative estimate of drug-likeness (QED) is 0.656. The molecule has 2 atom stereocenters. The minimum Gasteiger partial charge on any atom is -0.394 e. The van der Waals surface area contributed by atoms with Crippen molar-refractivity contribution in [3.8, 4) is 0 Å². The summed E-state index contributed by atoms with van der Waals surface area (Å²) in [6.07, 6.45) is 1.72. The Morgan fingerprint density at radius 3 is 2.93 bits per heavy atom. The lowest BCUT2D eigenvalue weighted by atomic mass is 10.1. The molecular formula is C19H23ClFN5O3. The highest BCUT2D eigenvalue weighted by molar-refractivity contribution is 6.30. The molecule has 29 heavy (non-hydrogen) atoms. The Kier molecular flexibility index (Phi) is 6.83. The molecule has 3 rings (SSSR count). The third kappa shape index (κ3) is 5.75. The third-order valence-electron chi connectivity index (χ3n) is 4.49. The Morgan fingerprint density at radius 2 is 2.21 bits per heavy atom. The summed E-state index contributed by atoms with van der Waals surface area (Å²) in [5.41, 5.74) is 2.27. The highest BCUT2D eigenvalue weighted by Crippen LogP contribution is 2.21. The predicted octanol–water partition coefficient (Wildman–Crippen LogP) is 2.82. The second kappa shape index (κ2) is 9.34. The molecule has 0 bridgehead atoms. The zero-order chi connectivity index (χ0) is 21.0. The van der Waals surface area contributed by atoms with Crippen molar-refractivity contribution in [2.45, 2.75) is 38.9 Å². The number of anilines is 1.